The Morgan fingerprint density at radius 1 is 1.11 bits per heavy atom. The van der Waals surface area contributed by atoms with Gasteiger partial charge in [-0.3, -0.25) is 9.69 Å². The molecule has 27 heavy (non-hydrogen) atoms. The summed E-state index contributed by atoms with van der Waals surface area (Å²) >= 11 is 6.07. The van der Waals surface area contributed by atoms with Crippen molar-refractivity contribution in [1.29, 1.82) is 0 Å². The van der Waals surface area contributed by atoms with Gasteiger partial charge in [-0.2, -0.15) is 0 Å². The molecule has 2 bridgehead atoms. The summed E-state index contributed by atoms with van der Waals surface area (Å²) in [5, 5.41) is 0.726. The maximum Gasteiger partial charge on any atom is 0.316 e. The van der Waals surface area contributed by atoms with Crippen molar-refractivity contribution in [1.82, 2.24) is 4.90 Å². The van der Waals surface area contributed by atoms with Crippen molar-refractivity contribution < 1.29 is 9.53 Å². The number of benzene rings is 2. The molecule has 5 heteroatoms. The number of aryl methyl sites for hydroxylation is 1. The lowest BCUT2D eigenvalue weighted by Crippen LogP contribution is -2.49. The van der Waals surface area contributed by atoms with E-state index in [0.717, 1.165) is 29.8 Å². The van der Waals surface area contributed by atoms with Crippen LogP contribution in [-0.2, 0) is 4.79 Å². The third kappa shape index (κ3) is 3.87. The Bertz CT molecular complexity index is 808. The molecule has 0 N–H and O–H groups in total. The average molecular weight is 406 g/mol. The summed E-state index contributed by atoms with van der Waals surface area (Å²) in [5.74, 6) is 0.573. The number of hydrogen-bond acceptors (Lipinski definition) is 3. The number of esters is 1. The van der Waals surface area contributed by atoms with Crippen LogP contribution in [-0.4, -0.2) is 30.0 Å². The first-order valence-corrected chi connectivity index (χ1v) is 9.67. The summed E-state index contributed by atoms with van der Waals surface area (Å²) in [5.41, 5.74) is 2.17. The number of nitrogens with zero attached hydrogens (tertiary/aromatic N) is 1. The van der Waals surface area contributed by atoms with E-state index in [9.17, 15) is 4.79 Å². The minimum Gasteiger partial charge on any atom is -0.426 e. The summed E-state index contributed by atoms with van der Waals surface area (Å²) in [7, 11) is 2.15. The number of ether oxygens (including phenoxy) is 1. The van der Waals surface area contributed by atoms with Crippen molar-refractivity contribution in [3.63, 3.8) is 0 Å². The van der Waals surface area contributed by atoms with Crippen LogP contribution < -0.4 is 4.74 Å². The molecular weight excluding hydrogens is 381 g/mol. The van der Waals surface area contributed by atoms with E-state index in [1.54, 1.807) is 0 Å². The van der Waals surface area contributed by atoms with Crippen LogP contribution in [0.3, 0.4) is 0 Å². The minimum atomic E-state index is -0.153. The monoisotopic (exact) mass is 405 g/mol. The molecule has 0 radical (unpaired) electrons. The van der Waals surface area contributed by atoms with Gasteiger partial charge in [0.05, 0.1) is 5.92 Å². The van der Waals surface area contributed by atoms with Crippen LogP contribution in [0.15, 0.2) is 48.5 Å². The van der Waals surface area contributed by atoms with Gasteiger partial charge < -0.3 is 4.74 Å². The fourth-order valence-corrected chi connectivity index (χ4v) is 4.81. The van der Waals surface area contributed by atoms with E-state index in [1.165, 1.54) is 5.56 Å². The molecule has 144 valence electrons. The Kier molecular flexibility index (Phi) is 6.15. The summed E-state index contributed by atoms with van der Waals surface area (Å²) in [6, 6.07) is 16.4. The zero-order chi connectivity index (χ0) is 18.3. The molecule has 4 unspecified atom stereocenters. The second kappa shape index (κ2) is 8.22. The number of hydrogen-bond donors (Lipinski definition) is 0. The van der Waals surface area contributed by atoms with Crippen molar-refractivity contribution in [3.8, 4) is 5.75 Å². The Morgan fingerprint density at radius 2 is 1.81 bits per heavy atom. The number of rotatable bonds is 3. The second-order valence-corrected chi connectivity index (χ2v) is 8.01. The van der Waals surface area contributed by atoms with E-state index in [1.807, 2.05) is 43.3 Å². The lowest BCUT2D eigenvalue weighted by atomic mass is 9.76. The minimum absolute atomic E-state index is 0. The molecule has 2 aliphatic rings. The maximum atomic E-state index is 13.2. The van der Waals surface area contributed by atoms with Crippen molar-refractivity contribution in [3.05, 3.63) is 64.7 Å². The molecule has 2 aromatic carbocycles. The SMILES string of the molecule is Cc1ccccc1OC(=O)C1C(c2ccc(Cl)cc2)CC2CCC1N2C.Cl. The van der Waals surface area contributed by atoms with Crippen LogP contribution >= 0.6 is 24.0 Å². The number of halogens is 2. The fraction of sp³-hybridized carbons (Fsp3) is 0.409. The zero-order valence-electron chi connectivity index (χ0n) is 15.6. The Labute approximate surface area is 172 Å². The smallest absolute Gasteiger partial charge is 0.316 e. The van der Waals surface area contributed by atoms with E-state index in [-0.39, 0.29) is 36.3 Å². The van der Waals surface area contributed by atoms with E-state index in [0.29, 0.717) is 11.8 Å². The molecule has 2 aromatic rings. The lowest BCUT2D eigenvalue weighted by Gasteiger charge is -2.42. The third-order valence-electron chi connectivity index (χ3n) is 6.14. The molecule has 2 fully saturated rings. The van der Waals surface area contributed by atoms with Gasteiger partial charge in [0, 0.05) is 23.0 Å². The molecule has 0 aliphatic carbocycles. The van der Waals surface area contributed by atoms with E-state index < -0.39 is 0 Å². The van der Waals surface area contributed by atoms with Crippen LogP contribution in [0.2, 0.25) is 5.02 Å². The largest absolute Gasteiger partial charge is 0.426 e. The van der Waals surface area contributed by atoms with Crippen LogP contribution in [0.1, 0.15) is 36.3 Å². The summed E-state index contributed by atoms with van der Waals surface area (Å²) in [4.78, 5) is 15.6. The molecule has 0 saturated carbocycles. The number of carbonyl (C=O) groups excluding carboxylic acids is 1. The molecule has 2 heterocycles. The van der Waals surface area contributed by atoms with Crippen molar-refractivity contribution in [2.75, 3.05) is 7.05 Å². The normalized spacial score (nSPS) is 27.1. The van der Waals surface area contributed by atoms with Crippen molar-refractivity contribution in [2.24, 2.45) is 5.92 Å². The molecular formula is C22H25Cl2NO2. The van der Waals surface area contributed by atoms with Gasteiger partial charge in [0.1, 0.15) is 5.75 Å². The summed E-state index contributed by atoms with van der Waals surface area (Å²) in [6.07, 6.45) is 3.19. The topological polar surface area (TPSA) is 29.5 Å². The molecule has 4 rings (SSSR count). The molecule has 2 saturated heterocycles. The standard InChI is InChI=1S/C22H24ClNO2.ClH/c1-14-5-3-4-6-20(14)26-22(25)21-18(15-7-9-16(23)10-8-15)13-17-11-12-19(21)24(17)2;/h3-10,17-19,21H,11-13H2,1-2H3;1H. The average Bonchev–Trinajstić information content (AvgIpc) is 2.87. The van der Waals surface area contributed by atoms with Gasteiger partial charge in [0.15, 0.2) is 0 Å². The van der Waals surface area contributed by atoms with Gasteiger partial charge in [0.25, 0.3) is 0 Å². The molecule has 2 aliphatic heterocycles. The number of piperidine rings is 1. The summed E-state index contributed by atoms with van der Waals surface area (Å²) < 4.78 is 5.87. The van der Waals surface area contributed by atoms with Crippen LogP contribution in [0.5, 0.6) is 5.75 Å². The van der Waals surface area contributed by atoms with Crippen molar-refractivity contribution >= 4 is 30.0 Å². The Morgan fingerprint density at radius 3 is 2.52 bits per heavy atom. The van der Waals surface area contributed by atoms with Gasteiger partial charge in [0.2, 0.25) is 0 Å². The molecule has 4 atom stereocenters. The van der Waals surface area contributed by atoms with Gasteiger partial charge in [-0.05, 0) is 62.6 Å². The first kappa shape index (κ1) is 20.2. The fourth-order valence-electron chi connectivity index (χ4n) is 4.69. The van der Waals surface area contributed by atoms with E-state index in [4.69, 9.17) is 16.3 Å². The highest BCUT2D eigenvalue weighted by Gasteiger charge is 2.49. The summed E-state index contributed by atoms with van der Waals surface area (Å²) in [6.45, 7) is 1.97. The molecule has 3 nitrogen and oxygen atoms in total. The molecule has 0 spiro atoms. The highest BCUT2D eigenvalue weighted by molar-refractivity contribution is 6.30. The predicted octanol–water partition coefficient (Wildman–Crippen LogP) is 5.24. The molecule has 0 amide bonds. The maximum absolute atomic E-state index is 13.2. The van der Waals surface area contributed by atoms with Gasteiger partial charge in [-0.1, -0.05) is 41.9 Å². The first-order valence-electron chi connectivity index (χ1n) is 9.29. The van der Waals surface area contributed by atoms with Crippen LogP contribution in [0.25, 0.3) is 0 Å². The third-order valence-corrected chi connectivity index (χ3v) is 6.40. The number of fused-ring (bicyclic) bond motifs is 2. The first-order chi connectivity index (χ1) is 12.5. The van der Waals surface area contributed by atoms with Gasteiger partial charge in [-0.15, -0.1) is 12.4 Å². The zero-order valence-corrected chi connectivity index (χ0v) is 17.2. The van der Waals surface area contributed by atoms with Crippen LogP contribution in [0, 0.1) is 12.8 Å². The second-order valence-electron chi connectivity index (χ2n) is 7.57. The van der Waals surface area contributed by atoms with Crippen molar-refractivity contribution in [2.45, 2.75) is 44.2 Å². The quantitative estimate of drug-likeness (QED) is 0.516. The highest BCUT2D eigenvalue weighted by atomic mass is 35.5. The molecule has 0 aromatic heterocycles. The number of carbonyl (C=O) groups is 1. The van der Waals surface area contributed by atoms with Gasteiger partial charge in [-0.25, -0.2) is 0 Å². The number of para-hydroxylation sites is 1. The van der Waals surface area contributed by atoms with Crippen LogP contribution in [0.4, 0.5) is 0 Å². The van der Waals surface area contributed by atoms with E-state index >= 15 is 0 Å². The van der Waals surface area contributed by atoms with E-state index in [2.05, 4.69) is 24.1 Å². The Balaban J connectivity index is 0.00000210. The predicted molar refractivity (Wildman–Crippen MR) is 111 cm³/mol. The van der Waals surface area contributed by atoms with Gasteiger partial charge >= 0.3 is 5.97 Å². The lowest BCUT2D eigenvalue weighted by molar-refractivity contribution is -0.143. The highest BCUT2D eigenvalue weighted by Crippen LogP contribution is 2.46. The Hall–Kier alpha value is -1.55.